The fraction of sp³-hybridized carbons (Fsp3) is 0.500. The van der Waals surface area contributed by atoms with E-state index in [2.05, 4.69) is 10.2 Å². The van der Waals surface area contributed by atoms with Crippen molar-refractivity contribution in [1.82, 2.24) is 5.43 Å². The van der Waals surface area contributed by atoms with Gasteiger partial charge in [-0.05, 0) is 49.3 Å². The van der Waals surface area contributed by atoms with Crippen molar-refractivity contribution in [2.45, 2.75) is 43.9 Å². The molecular formula is C18H23F2N3O3. The van der Waals surface area contributed by atoms with Crippen LogP contribution >= 0.6 is 0 Å². The summed E-state index contributed by atoms with van der Waals surface area (Å²) in [4.78, 5) is 11.4. The molecule has 0 heterocycles. The summed E-state index contributed by atoms with van der Waals surface area (Å²) in [7, 11) is 1.20. The third-order valence-corrected chi connectivity index (χ3v) is 5.51. The zero-order chi connectivity index (χ0) is 18.9. The highest BCUT2D eigenvalue weighted by molar-refractivity contribution is 5.87. The van der Waals surface area contributed by atoms with E-state index in [-0.39, 0.29) is 23.9 Å². The molecule has 0 saturated heterocycles. The van der Waals surface area contributed by atoms with E-state index in [9.17, 15) is 13.6 Å². The number of nitrogens with one attached hydrogen (secondary N) is 1. The summed E-state index contributed by atoms with van der Waals surface area (Å²) in [6, 6.07) is 7.25. The maximum atomic E-state index is 13.5. The minimum Gasteiger partial charge on any atom is -0.464 e. The fourth-order valence-corrected chi connectivity index (χ4v) is 3.72. The maximum absolute atomic E-state index is 13.5. The maximum Gasteiger partial charge on any atom is 0.359 e. The van der Waals surface area contributed by atoms with Crippen molar-refractivity contribution in [2.75, 3.05) is 7.11 Å². The lowest BCUT2D eigenvalue weighted by molar-refractivity contribution is -0.136. The summed E-state index contributed by atoms with van der Waals surface area (Å²) in [5.74, 6) is 2.71. The first-order valence-corrected chi connectivity index (χ1v) is 8.52. The molecule has 0 aliphatic heterocycles. The smallest absolute Gasteiger partial charge is 0.359 e. The normalized spacial score (nSPS) is 27.5. The first-order chi connectivity index (χ1) is 12.3. The van der Waals surface area contributed by atoms with Crippen LogP contribution in [-0.4, -0.2) is 19.0 Å². The van der Waals surface area contributed by atoms with E-state index in [0.717, 1.165) is 18.4 Å². The van der Waals surface area contributed by atoms with Crippen LogP contribution in [0.2, 0.25) is 0 Å². The summed E-state index contributed by atoms with van der Waals surface area (Å²) >= 11 is 0. The van der Waals surface area contributed by atoms with Gasteiger partial charge in [0.1, 0.15) is 5.75 Å². The first kappa shape index (κ1) is 18.4. The number of ether oxygens (including phenoxy) is 2. The monoisotopic (exact) mass is 367 g/mol. The van der Waals surface area contributed by atoms with Gasteiger partial charge >= 0.3 is 5.97 Å². The van der Waals surface area contributed by atoms with Crippen molar-refractivity contribution in [2.24, 2.45) is 17.0 Å². The van der Waals surface area contributed by atoms with Crippen LogP contribution in [0.5, 0.6) is 5.75 Å². The number of methoxy groups -OCH3 is 1. The SMILES string of the molecule is COC(=O)/C(N)=C(/NN)Oc1ccc(C2CCC3(CC2)CC3(F)F)cc1. The quantitative estimate of drug-likeness (QED) is 0.243. The van der Waals surface area contributed by atoms with Crippen molar-refractivity contribution < 1.29 is 23.0 Å². The topological polar surface area (TPSA) is 99.6 Å². The predicted molar refractivity (Wildman–Crippen MR) is 90.8 cm³/mol. The Labute approximate surface area is 150 Å². The summed E-state index contributed by atoms with van der Waals surface area (Å²) in [6.07, 6.45) is 2.72. The summed E-state index contributed by atoms with van der Waals surface area (Å²) < 4.78 is 37.0. The molecule has 0 amide bonds. The zero-order valence-electron chi connectivity index (χ0n) is 14.6. The second-order valence-corrected chi connectivity index (χ2v) is 6.99. The van der Waals surface area contributed by atoms with Crippen LogP contribution in [0, 0.1) is 5.41 Å². The highest BCUT2D eigenvalue weighted by Crippen LogP contribution is 2.68. The Morgan fingerprint density at radius 3 is 2.27 bits per heavy atom. The van der Waals surface area contributed by atoms with E-state index in [1.54, 1.807) is 12.1 Å². The number of benzene rings is 1. The lowest BCUT2D eigenvalue weighted by Gasteiger charge is -2.29. The Morgan fingerprint density at radius 1 is 1.23 bits per heavy atom. The number of esters is 1. The number of hydrogen-bond donors (Lipinski definition) is 3. The van der Waals surface area contributed by atoms with Gasteiger partial charge < -0.3 is 15.2 Å². The molecule has 0 atom stereocenters. The molecule has 6 nitrogen and oxygen atoms in total. The molecule has 142 valence electrons. The Balaban J connectivity index is 1.63. The summed E-state index contributed by atoms with van der Waals surface area (Å²) in [6.45, 7) is 0. The second kappa shape index (κ2) is 6.75. The summed E-state index contributed by atoms with van der Waals surface area (Å²) in [5, 5.41) is 0. The fourth-order valence-electron chi connectivity index (χ4n) is 3.72. The Hall–Kier alpha value is -2.35. The van der Waals surface area contributed by atoms with Gasteiger partial charge in [0.15, 0.2) is 5.70 Å². The number of carbonyl (C=O) groups excluding carboxylic acids is 1. The van der Waals surface area contributed by atoms with Crippen molar-refractivity contribution in [3.63, 3.8) is 0 Å². The van der Waals surface area contributed by atoms with Crippen LogP contribution in [-0.2, 0) is 9.53 Å². The Bertz CT molecular complexity index is 711. The number of carbonyl (C=O) groups is 1. The van der Waals surface area contributed by atoms with Crippen molar-refractivity contribution in [3.8, 4) is 5.75 Å². The number of nitrogens with two attached hydrogens (primary N) is 2. The average Bonchev–Trinajstić information content (AvgIpc) is 3.18. The average molecular weight is 367 g/mol. The second-order valence-electron chi connectivity index (χ2n) is 6.99. The third-order valence-electron chi connectivity index (χ3n) is 5.51. The van der Waals surface area contributed by atoms with E-state index in [0.29, 0.717) is 18.6 Å². The van der Waals surface area contributed by atoms with E-state index in [4.69, 9.17) is 16.3 Å². The van der Waals surface area contributed by atoms with Crippen LogP contribution in [0.4, 0.5) is 8.78 Å². The van der Waals surface area contributed by atoms with E-state index < -0.39 is 17.3 Å². The molecule has 0 radical (unpaired) electrons. The molecule has 2 saturated carbocycles. The van der Waals surface area contributed by atoms with Gasteiger partial charge in [-0.1, -0.05) is 12.1 Å². The molecule has 1 aromatic carbocycles. The van der Waals surface area contributed by atoms with E-state index >= 15 is 0 Å². The first-order valence-electron chi connectivity index (χ1n) is 8.52. The molecular weight excluding hydrogens is 344 g/mol. The molecule has 26 heavy (non-hydrogen) atoms. The highest BCUT2D eigenvalue weighted by Gasteiger charge is 2.70. The van der Waals surface area contributed by atoms with Crippen molar-refractivity contribution in [1.29, 1.82) is 0 Å². The number of alkyl halides is 2. The molecule has 0 bridgehead atoms. The molecule has 1 aromatic rings. The molecule has 2 aliphatic rings. The minimum atomic E-state index is -2.47. The summed E-state index contributed by atoms with van der Waals surface area (Å²) in [5.41, 5.74) is 7.91. The van der Waals surface area contributed by atoms with Crippen LogP contribution in [0.25, 0.3) is 0 Å². The predicted octanol–water partition coefficient (Wildman–Crippen LogP) is 2.51. The van der Waals surface area contributed by atoms with Gasteiger partial charge in [0, 0.05) is 11.8 Å². The van der Waals surface area contributed by atoms with Gasteiger partial charge in [-0.15, -0.1) is 0 Å². The number of hydrogen-bond acceptors (Lipinski definition) is 6. The number of halogens is 2. The molecule has 5 N–H and O–H groups in total. The molecule has 2 fully saturated rings. The molecule has 0 unspecified atom stereocenters. The van der Waals surface area contributed by atoms with Gasteiger partial charge in [-0.25, -0.2) is 19.4 Å². The zero-order valence-corrected chi connectivity index (χ0v) is 14.6. The molecule has 8 heteroatoms. The van der Waals surface area contributed by atoms with Crippen LogP contribution in [0.3, 0.4) is 0 Å². The van der Waals surface area contributed by atoms with Crippen LogP contribution in [0.1, 0.15) is 43.6 Å². The largest absolute Gasteiger partial charge is 0.464 e. The number of hydrazine groups is 1. The third kappa shape index (κ3) is 3.33. The highest BCUT2D eigenvalue weighted by atomic mass is 19.3. The van der Waals surface area contributed by atoms with Gasteiger partial charge in [0.05, 0.1) is 7.11 Å². The molecule has 1 spiro atoms. The lowest BCUT2D eigenvalue weighted by atomic mass is 9.76. The minimum absolute atomic E-state index is 0.0440. The van der Waals surface area contributed by atoms with Gasteiger partial charge in [0.2, 0.25) is 5.88 Å². The Morgan fingerprint density at radius 2 is 1.81 bits per heavy atom. The molecule has 0 aromatic heterocycles. The Kier molecular flexibility index (Phi) is 4.79. The van der Waals surface area contributed by atoms with Gasteiger partial charge in [0.25, 0.3) is 5.92 Å². The van der Waals surface area contributed by atoms with Crippen molar-refractivity contribution in [3.05, 3.63) is 41.4 Å². The van der Waals surface area contributed by atoms with Crippen LogP contribution < -0.4 is 21.7 Å². The van der Waals surface area contributed by atoms with Gasteiger partial charge in [-0.2, -0.15) is 0 Å². The standard InChI is InChI=1S/C18H23F2N3O3/c1-25-16(24)14(21)15(23-22)26-13-4-2-11(3-5-13)12-6-8-17(9-7-12)10-18(17,19)20/h2-5,12,23H,6-10,21-22H2,1H3/b15-14+. The van der Waals surface area contributed by atoms with Gasteiger partial charge in [-0.3, -0.25) is 5.43 Å². The number of rotatable bonds is 5. The molecule has 3 rings (SSSR count). The molecule has 2 aliphatic carbocycles. The van der Waals surface area contributed by atoms with E-state index in [1.165, 1.54) is 7.11 Å². The van der Waals surface area contributed by atoms with E-state index in [1.807, 2.05) is 12.1 Å². The van der Waals surface area contributed by atoms with Crippen LogP contribution in [0.15, 0.2) is 35.8 Å². The van der Waals surface area contributed by atoms with Crippen molar-refractivity contribution >= 4 is 5.97 Å². The lowest BCUT2D eigenvalue weighted by Crippen LogP contribution is -2.31.